The lowest BCUT2D eigenvalue weighted by Crippen LogP contribution is -2.28. The summed E-state index contributed by atoms with van der Waals surface area (Å²) in [6, 6.07) is 0. The molecule has 0 saturated heterocycles. The van der Waals surface area contributed by atoms with Gasteiger partial charge in [-0.2, -0.15) is 0 Å². The Hall–Kier alpha value is -1.01. The topological polar surface area (TPSA) is 17.0 Å². The van der Waals surface area contributed by atoms with Crippen LogP contribution in [0, 0.1) is 0 Å². The second kappa shape index (κ2) is 5.36. The summed E-state index contributed by atoms with van der Waals surface area (Å²) in [5.74, 6) is 1.22. The molecule has 1 aromatic rings. The molecule has 1 heterocycles. The summed E-state index contributed by atoms with van der Waals surface area (Å²) in [4.78, 5) is 0. The van der Waals surface area contributed by atoms with Crippen molar-refractivity contribution in [3.8, 4) is 0 Å². The summed E-state index contributed by atoms with van der Waals surface area (Å²) < 4.78 is 46.5. The van der Waals surface area contributed by atoms with Crippen molar-refractivity contribution in [3.63, 3.8) is 0 Å². The fourth-order valence-electron chi connectivity index (χ4n) is 1.64. The zero-order valence-electron chi connectivity index (χ0n) is 9.06. The maximum atomic E-state index is 9.75. The fraction of sp³-hybridized carbons (Fsp3) is 0.667. The van der Waals surface area contributed by atoms with Crippen LogP contribution in [0.25, 0.3) is 0 Å². The first-order valence-electron chi connectivity index (χ1n) is 5.29. The second-order valence-electron chi connectivity index (χ2n) is 3.60. The van der Waals surface area contributed by atoms with Gasteiger partial charge in [-0.15, -0.1) is 0 Å². The Balaban J connectivity index is 0.000000221. The van der Waals surface area contributed by atoms with E-state index in [-0.39, 0.29) is 0 Å². The van der Waals surface area contributed by atoms with E-state index in [1.54, 1.807) is 0 Å². The van der Waals surface area contributed by atoms with E-state index in [9.17, 15) is 17.3 Å². The zero-order chi connectivity index (χ0) is 12.2. The molecule has 2 nitrogen and oxygen atoms in total. The second-order valence-corrected chi connectivity index (χ2v) is 3.60. The van der Waals surface area contributed by atoms with Crippen LogP contribution in [-0.4, -0.2) is 7.25 Å². The predicted molar refractivity (Wildman–Crippen MR) is 51.4 cm³/mol. The van der Waals surface area contributed by atoms with Gasteiger partial charge in [0, 0.05) is 6.42 Å². The van der Waals surface area contributed by atoms with E-state index in [0.29, 0.717) is 0 Å². The van der Waals surface area contributed by atoms with Crippen molar-refractivity contribution in [2.75, 3.05) is 0 Å². The van der Waals surface area contributed by atoms with Crippen molar-refractivity contribution in [1.82, 2.24) is 0 Å². The van der Waals surface area contributed by atoms with E-state index in [4.69, 9.17) is 4.52 Å². The van der Waals surface area contributed by atoms with E-state index >= 15 is 0 Å². The average Bonchev–Trinajstić information content (AvgIpc) is 2.57. The summed E-state index contributed by atoms with van der Waals surface area (Å²) in [6.45, 7) is 3.06. The number of aryl methyl sites for hydroxylation is 3. The van der Waals surface area contributed by atoms with Gasteiger partial charge < -0.3 is 17.3 Å². The molecule has 2 rings (SSSR count). The van der Waals surface area contributed by atoms with Crippen molar-refractivity contribution in [2.24, 2.45) is 0 Å². The maximum Gasteiger partial charge on any atom is 0.673 e. The molecule has 0 spiro atoms. The van der Waals surface area contributed by atoms with E-state index in [1.807, 2.05) is 4.74 Å². The molecule has 1 aliphatic carbocycles. The van der Waals surface area contributed by atoms with Crippen molar-refractivity contribution >= 4 is 7.25 Å². The lowest BCUT2D eigenvalue weighted by molar-refractivity contribution is -0.862. The molecule has 1 aromatic heterocycles. The van der Waals surface area contributed by atoms with Gasteiger partial charge in [0.2, 0.25) is 6.20 Å². The standard InChI is InChI=1S/C9H14NO.BF4/c1-2-10-7-8-5-3-4-6-9(8)11-10;2-1(3,4)5/h7H,2-6H2,1H3;/q+1;-1. The van der Waals surface area contributed by atoms with Gasteiger partial charge in [-0.1, -0.05) is 0 Å². The SMILES string of the molecule is CC[n+]1cc2c(o1)CCCC2.F[B-](F)(F)F. The Bertz CT molecular complexity index is 307. The number of fused-ring (bicyclic) bond motifs is 1. The Kier molecular flexibility index (Phi) is 4.38. The highest BCUT2D eigenvalue weighted by Crippen LogP contribution is 2.18. The van der Waals surface area contributed by atoms with Crippen LogP contribution in [0.4, 0.5) is 17.3 Å². The molecule has 0 aromatic carbocycles. The number of hydrogen-bond acceptors (Lipinski definition) is 1. The Morgan fingerprint density at radius 2 is 1.81 bits per heavy atom. The summed E-state index contributed by atoms with van der Waals surface area (Å²) in [6.07, 6.45) is 7.13. The molecule has 0 fully saturated rings. The third-order valence-corrected chi connectivity index (χ3v) is 2.30. The van der Waals surface area contributed by atoms with Gasteiger partial charge in [-0.05, 0) is 30.9 Å². The highest BCUT2D eigenvalue weighted by molar-refractivity contribution is 6.50. The van der Waals surface area contributed by atoms with Crippen LogP contribution in [0.1, 0.15) is 31.1 Å². The van der Waals surface area contributed by atoms with Crippen molar-refractivity contribution < 1.29 is 26.5 Å². The van der Waals surface area contributed by atoms with Crippen molar-refractivity contribution in [3.05, 3.63) is 17.5 Å². The van der Waals surface area contributed by atoms with E-state index in [1.165, 1.54) is 30.6 Å². The largest absolute Gasteiger partial charge is 0.673 e. The molecule has 16 heavy (non-hydrogen) atoms. The first-order valence-corrected chi connectivity index (χ1v) is 5.29. The summed E-state index contributed by atoms with van der Waals surface area (Å²) in [5.41, 5.74) is 1.43. The zero-order valence-corrected chi connectivity index (χ0v) is 9.06. The molecule has 0 bridgehead atoms. The molecule has 0 radical (unpaired) electrons. The number of aromatic nitrogens is 1. The van der Waals surface area contributed by atoms with Gasteiger partial charge in [0.15, 0.2) is 12.3 Å². The molecule has 0 saturated carbocycles. The van der Waals surface area contributed by atoms with Crippen LogP contribution in [-0.2, 0) is 19.4 Å². The minimum atomic E-state index is -6.00. The first-order chi connectivity index (χ1) is 7.40. The van der Waals surface area contributed by atoms with Crippen LogP contribution < -0.4 is 4.74 Å². The van der Waals surface area contributed by atoms with E-state index in [0.717, 1.165) is 13.0 Å². The average molecular weight is 239 g/mol. The third-order valence-electron chi connectivity index (χ3n) is 2.30. The van der Waals surface area contributed by atoms with E-state index < -0.39 is 7.25 Å². The Labute approximate surface area is 91.3 Å². The Morgan fingerprint density at radius 1 is 1.25 bits per heavy atom. The van der Waals surface area contributed by atoms with Crippen molar-refractivity contribution in [2.45, 2.75) is 39.2 Å². The van der Waals surface area contributed by atoms with Crippen LogP contribution in [0.15, 0.2) is 10.7 Å². The summed E-state index contributed by atoms with van der Waals surface area (Å²) in [5, 5.41) is 0. The van der Waals surface area contributed by atoms with Crippen LogP contribution in [0.5, 0.6) is 0 Å². The first kappa shape index (κ1) is 13.1. The molecule has 92 valence electrons. The number of hydrogen-bond donors (Lipinski definition) is 0. The highest BCUT2D eigenvalue weighted by Gasteiger charge is 2.20. The summed E-state index contributed by atoms with van der Waals surface area (Å²) >= 11 is 0. The maximum absolute atomic E-state index is 9.75. The summed E-state index contributed by atoms with van der Waals surface area (Å²) in [7, 11) is -6.00. The smallest absolute Gasteiger partial charge is 0.418 e. The highest BCUT2D eigenvalue weighted by atomic mass is 19.5. The molecular formula is C9H14BF4NO. The van der Waals surface area contributed by atoms with Crippen molar-refractivity contribution in [1.29, 1.82) is 0 Å². The molecule has 0 atom stereocenters. The molecule has 0 N–H and O–H groups in total. The van der Waals surface area contributed by atoms with Crippen LogP contribution >= 0.6 is 0 Å². The van der Waals surface area contributed by atoms with Gasteiger partial charge in [0.05, 0.1) is 5.56 Å². The number of rotatable bonds is 1. The molecule has 0 unspecified atom stereocenters. The van der Waals surface area contributed by atoms with Gasteiger partial charge in [0.25, 0.3) is 0 Å². The fourth-order valence-corrected chi connectivity index (χ4v) is 1.64. The van der Waals surface area contributed by atoms with E-state index in [2.05, 4.69) is 13.1 Å². The number of halogens is 4. The molecule has 0 aliphatic heterocycles. The van der Waals surface area contributed by atoms with Gasteiger partial charge in [-0.25, -0.2) is 4.52 Å². The molecule has 7 heteroatoms. The van der Waals surface area contributed by atoms with Gasteiger partial charge in [0.1, 0.15) is 0 Å². The number of nitrogens with zero attached hydrogens (tertiary/aromatic N) is 1. The lowest BCUT2D eigenvalue weighted by atomic mass is 9.99. The van der Waals surface area contributed by atoms with Gasteiger partial charge in [-0.3, -0.25) is 0 Å². The lowest BCUT2D eigenvalue weighted by Gasteiger charge is -2.02. The minimum absolute atomic E-state index is 0.951. The molecular weight excluding hydrogens is 225 g/mol. The quantitative estimate of drug-likeness (QED) is 0.418. The van der Waals surface area contributed by atoms with Gasteiger partial charge >= 0.3 is 7.25 Å². The molecule has 0 amide bonds. The van der Waals surface area contributed by atoms with Crippen LogP contribution in [0.2, 0.25) is 0 Å². The normalized spacial score (nSPS) is 15.1. The monoisotopic (exact) mass is 239 g/mol. The van der Waals surface area contributed by atoms with Crippen LogP contribution in [0.3, 0.4) is 0 Å². The third kappa shape index (κ3) is 4.68. The predicted octanol–water partition coefficient (Wildman–Crippen LogP) is 2.77. The molecule has 1 aliphatic rings. The minimum Gasteiger partial charge on any atom is -0.418 e. The Morgan fingerprint density at radius 3 is 2.31 bits per heavy atom.